The Bertz CT molecular complexity index is 1320. The second-order valence-electron chi connectivity index (χ2n) is 10.6. The topological polar surface area (TPSA) is 72.9 Å². The Labute approximate surface area is 248 Å². The molecule has 2 aliphatic rings. The summed E-state index contributed by atoms with van der Waals surface area (Å²) >= 11 is 0. The number of piperazine rings is 1. The average Bonchev–Trinajstić information content (AvgIpc) is 3.04. The van der Waals surface area contributed by atoms with Crippen LogP contribution in [0.15, 0.2) is 60.7 Å². The van der Waals surface area contributed by atoms with Gasteiger partial charge in [0.15, 0.2) is 11.5 Å². The van der Waals surface area contributed by atoms with Crippen LogP contribution in [0.1, 0.15) is 17.5 Å². The van der Waals surface area contributed by atoms with Crippen molar-refractivity contribution in [3.63, 3.8) is 0 Å². The predicted octanol–water partition coefficient (Wildman–Crippen LogP) is 4.41. The van der Waals surface area contributed by atoms with Crippen molar-refractivity contribution in [2.45, 2.75) is 25.6 Å². The lowest BCUT2D eigenvalue weighted by molar-refractivity contribution is -0.118. The third-order valence-corrected chi connectivity index (χ3v) is 8.00. The number of rotatable bonds is 12. The molecule has 1 fully saturated rings. The summed E-state index contributed by atoms with van der Waals surface area (Å²) in [6.07, 6.45) is 1.11. The minimum Gasteiger partial charge on any atom is -0.493 e. The van der Waals surface area contributed by atoms with E-state index in [0.717, 1.165) is 61.7 Å². The van der Waals surface area contributed by atoms with E-state index < -0.39 is 0 Å². The molecule has 224 valence electrons. The van der Waals surface area contributed by atoms with Gasteiger partial charge in [-0.3, -0.25) is 9.69 Å². The van der Waals surface area contributed by atoms with Crippen molar-refractivity contribution in [1.29, 1.82) is 0 Å². The number of anilines is 2. The number of nitrogens with zero attached hydrogens (tertiary/aromatic N) is 3. The average molecular weight is 576 g/mol. The Kier molecular flexibility index (Phi) is 9.71. The Balaban J connectivity index is 1.27. The number of carbonyl (C=O) groups is 1. The summed E-state index contributed by atoms with van der Waals surface area (Å²) in [7, 11) is 6.63. The number of hydrogen-bond acceptors (Lipinski definition) is 8. The van der Waals surface area contributed by atoms with Gasteiger partial charge >= 0.3 is 0 Å². The van der Waals surface area contributed by atoms with E-state index in [1.807, 2.05) is 37.4 Å². The number of aryl methyl sites for hydroxylation is 1. The molecule has 0 spiro atoms. The lowest BCUT2D eigenvalue weighted by Gasteiger charge is -2.37. The molecule has 9 nitrogen and oxygen atoms in total. The SMILES string of the molecule is COc1cc(COC(COc2ccc3c(c2)N(C)C(=O)CC3)CN2CCN(c3ccccc3)CC2)cc(OC)c1OC. The maximum Gasteiger partial charge on any atom is 0.227 e. The van der Waals surface area contributed by atoms with Gasteiger partial charge in [-0.2, -0.15) is 0 Å². The Morgan fingerprint density at radius 2 is 1.55 bits per heavy atom. The van der Waals surface area contributed by atoms with Gasteiger partial charge in [0, 0.05) is 57.9 Å². The predicted molar refractivity (Wildman–Crippen MR) is 163 cm³/mol. The molecule has 0 radical (unpaired) electrons. The van der Waals surface area contributed by atoms with E-state index in [9.17, 15) is 4.79 Å². The fourth-order valence-corrected chi connectivity index (χ4v) is 5.59. The molecule has 1 saturated heterocycles. The van der Waals surface area contributed by atoms with Gasteiger partial charge in [0.1, 0.15) is 18.5 Å². The first kappa shape index (κ1) is 29.5. The highest BCUT2D eigenvalue weighted by molar-refractivity contribution is 5.96. The zero-order chi connectivity index (χ0) is 29.5. The number of amides is 1. The van der Waals surface area contributed by atoms with Crippen molar-refractivity contribution in [2.75, 3.05) is 77.5 Å². The summed E-state index contributed by atoms with van der Waals surface area (Å²) < 4.78 is 29.3. The first-order chi connectivity index (χ1) is 20.5. The lowest BCUT2D eigenvalue weighted by atomic mass is 10.0. The fraction of sp³-hybridized carbons (Fsp3) is 0.424. The smallest absolute Gasteiger partial charge is 0.227 e. The third-order valence-electron chi connectivity index (χ3n) is 8.00. The van der Waals surface area contributed by atoms with Crippen molar-refractivity contribution < 1.29 is 28.5 Å². The highest BCUT2D eigenvalue weighted by Gasteiger charge is 2.24. The zero-order valence-corrected chi connectivity index (χ0v) is 25.0. The Morgan fingerprint density at radius 1 is 0.833 bits per heavy atom. The van der Waals surface area contributed by atoms with Gasteiger partial charge in [-0.25, -0.2) is 0 Å². The molecule has 9 heteroatoms. The normalized spacial score (nSPS) is 16.1. The monoisotopic (exact) mass is 575 g/mol. The maximum atomic E-state index is 12.3. The van der Waals surface area contributed by atoms with Crippen molar-refractivity contribution in [1.82, 2.24) is 4.90 Å². The molecule has 0 bridgehead atoms. The van der Waals surface area contributed by atoms with E-state index in [0.29, 0.717) is 36.9 Å². The van der Waals surface area contributed by atoms with E-state index in [1.54, 1.807) is 26.2 Å². The largest absolute Gasteiger partial charge is 0.493 e. The Morgan fingerprint density at radius 3 is 2.21 bits per heavy atom. The van der Waals surface area contributed by atoms with Crippen LogP contribution in [0, 0.1) is 0 Å². The summed E-state index contributed by atoms with van der Waals surface area (Å²) in [6, 6.07) is 20.4. The quantitative estimate of drug-likeness (QED) is 0.315. The minimum absolute atomic E-state index is 0.126. The minimum atomic E-state index is -0.192. The molecule has 0 aliphatic carbocycles. The summed E-state index contributed by atoms with van der Waals surface area (Å²) in [5, 5.41) is 0. The van der Waals surface area contributed by atoms with Crippen LogP contribution in [-0.2, 0) is 22.6 Å². The van der Waals surface area contributed by atoms with Crippen LogP contribution in [0.25, 0.3) is 0 Å². The molecule has 42 heavy (non-hydrogen) atoms. The maximum absolute atomic E-state index is 12.3. The van der Waals surface area contributed by atoms with Crippen molar-refractivity contribution >= 4 is 17.3 Å². The fourth-order valence-electron chi connectivity index (χ4n) is 5.59. The van der Waals surface area contributed by atoms with Crippen LogP contribution in [0.3, 0.4) is 0 Å². The van der Waals surface area contributed by atoms with Crippen molar-refractivity contribution in [2.24, 2.45) is 0 Å². The van der Waals surface area contributed by atoms with Crippen LogP contribution in [0.2, 0.25) is 0 Å². The van der Waals surface area contributed by atoms with E-state index in [1.165, 1.54) is 5.69 Å². The summed E-state index contributed by atoms with van der Waals surface area (Å²) in [4.78, 5) is 18.8. The van der Waals surface area contributed by atoms with Gasteiger partial charge in [0.2, 0.25) is 11.7 Å². The number of benzene rings is 3. The van der Waals surface area contributed by atoms with Gasteiger partial charge < -0.3 is 33.5 Å². The van der Waals surface area contributed by atoms with E-state index in [4.69, 9.17) is 23.7 Å². The van der Waals surface area contributed by atoms with Crippen LogP contribution >= 0.6 is 0 Å². The molecule has 1 atom stereocenters. The van der Waals surface area contributed by atoms with Crippen molar-refractivity contribution in [3.8, 4) is 23.0 Å². The second-order valence-corrected chi connectivity index (χ2v) is 10.6. The summed E-state index contributed by atoms with van der Waals surface area (Å²) in [5.74, 6) is 2.59. The van der Waals surface area contributed by atoms with Gasteiger partial charge in [-0.1, -0.05) is 24.3 Å². The second kappa shape index (κ2) is 13.8. The van der Waals surface area contributed by atoms with Crippen LogP contribution in [0.4, 0.5) is 11.4 Å². The molecule has 5 rings (SSSR count). The summed E-state index contributed by atoms with van der Waals surface area (Å²) in [6.45, 7) is 5.24. The Hall–Kier alpha value is -3.95. The number of methoxy groups -OCH3 is 3. The first-order valence-electron chi connectivity index (χ1n) is 14.4. The molecule has 2 heterocycles. The highest BCUT2D eigenvalue weighted by Crippen LogP contribution is 2.38. The molecule has 1 unspecified atom stereocenters. The summed E-state index contributed by atoms with van der Waals surface area (Å²) in [5.41, 5.74) is 4.25. The molecule has 0 aromatic heterocycles. The van der Waals surface area contributed by atoms with E-state index in [-0.39, 0.29) is 12.0 Å². The number of ether oxygens (including phenoxy) is 5. The van der Waals surface area contributed by atoms with Gasteiger partial charge in [0.25, 0.3) is 0 Å². The van der Waals surface area contributed by atoms with E-state index >= 15 is 0 Å². The number of hydrogen-bond donors (Lipinski definition) is 0. The number of carbonyl (C=O) groups excluding carboxylic acids is 1. The number of para-hydroxylation sites is 1. The van der Waals surface area contributed by atoms with E-state index in [2.05, 4.69) is 40.1 Å². The third kappa shape index (κ3) is 6.91. The standard InChI is InChI=1S/C33H41N3O6/c1-34-29-20-27(12-10-25(29)11-13-32(34)37)42-23-28(21-35-14-16-36(17-15-35)26-8-6-5-7-9-26)41-22-24-18-30(38-2)33(40-4)31(19-24)39-3/h5-10,12,18-20,28H,11,13-17,21-23H2,1-4H3. The molecule has 3 aromatic carbocycles. The van der Waals surface area contributed by atoms with Crippen molar-refractivity contribution in [3.05, 3.63) is 71.8 Å². The van der Waals surface area contributed by atoms with Crippen LogP contribution in [0.5, 0.6) is 23.0 Å². The molecular weight excluding hydrogens is 534 g/mol. The highest BCUT2D eigenvalue weighted by atomic mass is 16.5. The number of fused-ring (bicyclic) bond motifs is 1. The van der Waals surface area contributed by atoms with Gasteiger partial charge in [-0.15, -0.1) is 0 Å². The molecule has 1 amide bonds. The molecule has 0 N–H and O–H groups in total. The molecule has 3 aromatic rings. The molecule has 0 saturated carbocycles. The lowest BCUT2D eigenvalue weighted by Crippen LogP contribution is -2.49. The van der Waals surface area contributed by atoms with Gasteiger partial charge in [0.05, 0.1) is 33.6 Å². The first-order valence-corrected chi connectivity index (χ1v) is 14.4. The van der Waals surface area contributed by atoms with Gasteiger partial charge in [-0.05, 0) is 47.9 Å². The zero-order valence-electron chi connectivity index (χ0n) is 25.0. The molecular formula is C33H41N3O6. The van der Waals surface area contributed by atoms with Crippen LogP contribution < -0.4 is 28.7 Å². The molecule has 2 aliphatic heterocycles. The van der Waals surface area contributed by atoms with Crippen LogP contribution in [-0.4, -0.2) is 84.6 Å².